The molecule has 2 rings (SSSR count). The van der Waals surface area contributed by atoms with E-state index in [0.717, 1.165) is 11.5 Å². The second kappa shape index (κ2) is 5.69. The van der Waals surface area contributed by atoms with Gasteiger partial charge >= 0.3 is 0 Å². The van der Waals surface area contributed by atoms with Gasteiger partial charge in [0.15, 0.2) is 11.6 Å². The highest BCUT2D eigenvalue weighted by Crippen LogP contribution is 2.19. The van der Waals surface area contributed by atoms with Crippen molar-refractivity contribution in [2.24, 2.45) is 0 Å². The Morgan fingerprint density at radius 3 is 2.72 bits per heavy atom. The summed E-state index contributed by atoms with van der Waals surface area (Å²) in [5.41, 5.74) is 0.581. The Balaban J connectivity index is 1.94. The molecule has 0 aliphatic rings. The third-order valence-electron chi connectivity index (χ3n) is 2.67. The van der Waals surface area contributed by atoms with Crippen LogP contribution in [0.2, 0.25) is 0 Å². The van der Waals surface area contributed by atoms with E-state index in [4.69, 9.17) is 9.15 Å². The monoisotopic (exact) mass is 249 g/mol. The second-order valence-electron chi connectivity index (χ2n) is 4.05. The van der Waals surface area contributed by atoms with Crippen molar-refractivity contribution in [3.8, 4) is 5.75 Å². The summed E-state index contributed by atoms with van der Waals surface area (Å²) >= 11 is 0. The van der Waals surface area contributed by atoms with E-state index in [1.807, 2.05) is 19.1 Å². The first kappa shape index (κ1) is 12.6. The first-order valence-corrected chi connectivity index (χ1v) is 5.78. The van der Waals surface area contributed by atoms with Crippen molar-refractivity contribution in [1.82, 2.24) is 5.32 Å². The summed E-state index contributed by atoms with van der Waals surface area (Å²) in [6.45, 7) is 2.90. The lowest BCUT2D eigenvalue weighted by Crippen LogP contribution is -2.13. The number of furan rings is 1. The molecular formula is C14H16FNO2. The summed E-state index contributed by atoms with van der Waals surface area (Å²) in [4.78, 5) is 0. The lowest BCUT2D eigenvalue weighted by molar-refractivity contribution is 0.382. The molecule has 0 amide bonds. The van der Waals surface area contributed by atoms with Crippen molar-refractivity contribution in [2.45, 2.75) is 20.0 Å². The van der Waals surface area contributed by atoms with Gasteiger partial charge in [0.2, 0.25) is 0 Å². The van der Waals surface area contributed by atoms with Crippen LogP contribution < -0.4 is 10.1 Å². The fourth-order valence-electron chi connectivity index (χ4n) is 1.75. The lowest BCUT2D eigenvalue weighted by atomic mass is 10.2. The maximum Gasteiger partial charge on any atom is 0.169 e. The van der Waals surface area contributed by atoms with Crippen LogP contribution in [0.15, 0.2) is 34.7 Å². The van der Waals surface area contributed by atoms with Gasteiger partial charge in [-0.3, -0.25) is 0 Å². The van der Waals surface area contributed by atoms with Crippen molar-refractivity contribution >= 4 is 0 Å². The predicted octanol–water partition coefficient (Wildman–Crippen LogP) is 3.03. The molecule has 0 atom stereocenters. The van der Waals surface area contributed by atoms with E-state index in [-0.39, 0.29) is 11.6 Å². The number of hydrogen-bond acceptors (Lipinski definition) is 3. The molecule has 0 fully saturated rings. The van der Waals surface area contributed by atoms with Gasteiger partial charge in [0.05, 0.1) is 13.7 Å². The van der Waals surface area contributed by atoms with Crippen LogP contribution in [0.25, 0.3) is 0 Å². The van der Waals surface area contributed by atoms with Gasteiger partial charge in [-0.25, -0.2) is 4.39 Å². The summed E-state index contributed by atoms with van der Waals surface area (Å²) in [5.74, 6) is 1.67. The van der Waals surface area contributed by atoms with Crippen molar-refractivity contribution in [3.05, 3.63) is 53.2 Å². The molecule has 0 saturated carbocycles. The molecule has 0 aliphatic carbocycles. The zero-order valence-electron chi connectivity index (χ0n) is 10.5. The first-order chi connectivity index (χ1) is 8.70. The number of halogens is 1. The van der Waals surface area contributed by atoms with Crippen LogP contribution in [0.1, 0.15) is 17.1 Å². The molecule has 4 heteroatoms. The van der Waals surface area contributed by atoms with E-state index < -0.39 is 0 Å². The van der Waals surface area contributed by atoms with Crippen LogP contribution in [0.3, 0.4) is 0 Å². The largest absolute Gasteiger partial charge is 0.494 e. The van der Waals surface area contributed by atoms with Gasteiger partial charge in [-0.2, -0.15) is 0 Å². The molecule has 18 heavy (non-hydrogen) atoms. The van der Waals surface area contributed by atoms with Crippen LogP contribution in [0.4, 0.5) is 4.39 Å². The Morgan fingerprint density at radius 2 is 2.06 bits per heavy atom. The van der Waals surface area contributed by atoms with E-state index in [0.29, 0.717) is 18.7 Å². The van der Waals surface area contributed by atoms with Gasteiger partial charge < -0.3 is 14.5 Å². The molecule has 0 aliphatic heterocycles. The highest BCUT2D eigenvalue weighted by molar-refractivity contribution is 5.30. The third kappa shape index (κ3) is 2.90. The number of aryl methyl sites for hydroxylation is 1. The molecule has 0 bridgehead atoms. The number of rotatable bonds is 5. The maximum absolute atomic E-state index is 13.8. The Bertz CT molecular complexity index is 522. The molecule has 1 N–H and O–H groups in total. The molecule has 2 aromatic rings. The van der Waals surface area contributed by atoms with E-state index in [1.165, 1.54) is 7.11 Å². The van der Waals surface area contributed by atoms with Gasteiger partial charge in [-0.1, -0.05) is 12.1 Å². The Morgan fingerprint density at radius 1 is 1.22 bits per heavy atom. The van der Waals surface area contributed by atoms with Crippen LogP contribution in [-0.2, 0) is 13.1 Å². The molecule has 1 aromatic carbocycles. The minimum absolute atomic E-state index is 0.267. The van der Waals surface area contributed by atoms with Crippen LogP contribution in [0.5, 0.6) is 5.75 Å². The average Bonchev–Trinajstić information content (AvgIpc) is 2.77. The molecular weight excluding hydrogens is 233 g/mol. The number of nitrogens with one attached hydrogen (secondary N) is 1. The Labute approximate surface area is 106 Å². The third-order valence-corrected chi connectivity index (χ3v) is 2.67. The highest BCUT2D eigenvalue weighted by atomic mass is 19.1. The number of ether oxygens (including phenoxy) is 1. The standard InChI is InChI=1S/C14H16FNO2/c1-10-6-7-12(18-10)9-16-8-11-4-3-5-13(17-2)14(11)15/h3-7,16H,8-9H2,1-2H3. The molecule has 0 saturated heterocycles. The minimum Gasteiger partial charge on any atom is -0.494 e. The molecule has 0 unspecified atom stereocenters. The lowest BCUT2D eigenvalue weighted by Gasteiger charge is -2.07. The summed E-state index contributed by atoms with van der Waals surface area (Å²) in [7, 11) is 1.46. The predicted molar refractivity (Wildman–Crippen MR) is 66.9 cm³/mol. The summed E-state index contributed by atoms with van der Waals surface area (Å²) < 4.78 is 24.2. The van der Waals surface area contributed by atoms with Gasteiger partial charge in [-0.05, 0) is 25.1 Å². The van der Waals surface area contributed by atoms with Crippen LogP contribution in [0, 0.1) is 12.7 Å². The van der Waals surface area contributed by atoms with Crippen molar-refractivity contribution in [3.63, 3.8) is 0 Å². The van der Waals surface area contributed by atoms with E-state index in [2.05, 4.69) is 5.32 Å². The fraction of sp³-hybridized carbons (Fsp3) is 0.286. The van der Waals surface area contributed by atoms with Crippen molar-refractivity contribution < 1.29 is 13.5 Å². The number of methoxy groups -OCH3 is 1. The molecule has 3 nitrogen and oxygen atoms in total. The van der Waals surface area contributed by atoms with Crippen molar-refractivity contribution in [1.29, 1.82) is 0 Å². The summed E-state index contributed by atoms with van der Waals surface area (Å²) in [5, 5.41) is 3.13. The molecule has 0 radical (unpaired) electrons. The normalized spacial score (nSPS) is 10.6. The maximum atomic E-state index is 13.8. The zero-order valence-corrected chi connectivity index (χ0v) is 10.5. The molecule has 1 heterocycles. The van der Waals surface area contributed by atoms with Crippen molar-refractivity contribution in [2.75, 3.05) is 7.11 Å². The summed E-state index contributed by atoms with van der Waals surface area (Å²) in [6.07, 6.45) is 0. The van der Waals surface area contributed by atoms with Gasteiger partial charge in [0.1, 0.15) is 11.5 Å². The first-order valence-electron chi connectivity index (χ1n) is 5.78. The fourth-order valence-corrected chi connectivity index (χ4v) is 1.75. The quantitative estimate of drug-likeness (QED) is 0.884. The second-order valence-corrected chi connectivity index (χ2v) is 4.05. The smallest absolute Gasteiger partial charge is 0.169 e. The minimum atomic E-state index is -0.317. The van der Waals surface area contributed by atoms with Crippen LogP contribution >= 0.6 is 0 Å². The van der Waals surface area contributed by atoms with Gasteiger partial charge in [0, 0.05) is 12.1 Å². The molecule has 1 aromatic heterocycles. The topological polar surface area (TPSA) is 34.4 Å². The Hall–Kier alpha value is -1.81. The highest BCUT2D eigenvalue weighted by Gasteiger charge is 2.07. The zero-order chi connectivity index (χ0) is 13.0. The van der Waals surface area contributed by atoms with Gasteiger partial charge in [0.25, 0.3) is 0 Å². The number of hydrogen-bond donors (Lipinski definition) is 1. The molecule has 96 valence electrons. The van der Waals surface area contributed by atoms with E-state index >= 15 is 0 Å². The summed E-state index contributed by atoms with van der Waals surface area (Å²) in [6, 6.07) is 8.93. The Kier molecular flexibility index (Phi) is 3.99. The average molecular weight is 249 g/mol. The SMILES string of the molecule is COc1cccc(CNCc2ccc(C)o2)c1F. The number of benzene rings is 1. The van der Waals surface area contributed by atoms with E-state index in [9.17, 15) is 4.39 Å². The van der Waals surface area contributed by atoms with Crippen LogP contribution in [-0.4, -0.2) is 7.11 Å². The van der Waals surface area contributed by atoms with E-state index in [1.54, 1.807) is 18.2 Å². The molecule has 0 spiro atoms. The van der Waals surface area contributed by atoms with Gasteiger partial charge in [-0.15, -0.1) is 0 Å².